The van der Waals surface area contributed by atoms with Gasteiger partial charge in [0.2, 0.25) is 17.5 Å². The topological polar surface area (TPSA) is 118 Å². The molecule has 0 bridgehead atoms. The molecule has 4 atom stereocenters. The molecule has 5 heterocycles. The Hall–Kier alpha value is -4.66. The van der Waals surface area contributed by atoms with E-state index in [1.54, 1.807) is 0 Å². The molecular formula is C34H30F6N6O4S. The van der Waals surface area contributed by atoms with Crippen molar-refractivity contribution in [3.05, 3.63) is 59.5 Å². The van der Waals surface area contributed by atoms with Crippen LogP contribution in [-0.2, 0) is 11.0 Å². The zero-order chi connectivity index (χ0) is 36.4. The van der Waals surface area contributed by atoms with Crippen molar-refractivity contribution in [2.45, 2.75) is 55.7 Å². The van der Waals surface area contributed by atoms with Crippen LogP contribution in [0.2, 0.25) is 0 Å². The van der Waals surface area contributed by atoms with Crippen LogP contribution in [0.3, 0.4) is 0 Å². The predicted molar refractivity (Wildman–Crippen MR) is 176 cm³/mol. The fourth-order valence-corrected chi connectivity index (χ4v) is 8.61. The first-order valence-electron chi connectivity index (χ1n) is 16.0. The molecule has 17 heteroatoms. The average molecular weight is 733 g/mol. The number of rotatable bonds is 8. The lowest BCUT2D eigenvalue weighted by molar-refractivity contribution is -0.137. The van der Waals surface area contributed by atoms with Crippen molar-refractivity contribution in [3.63, 3.8) is 0 Å². The monoisotopic (exact) mass is 732 g/mol. The number of alkyl halides is 4. The first kappa shape index (κ1) is 34.8. The van der Waals surface area contributed by atoms with Crippen molar-refractivity contribution < 1.29 is 45.7 Å². The van der Waals surface area contributed by atoms with E-state index in [0.29, 0.717) is 30.4 Å². The molecule has 3 N–H and O–H groups in total. The number of amides is 1. The quantitative estimate of drug-likeness (QED) is 0.121. The van der Waals surface area contributed by atoms with E-state index in [0.717, 1.165) is 24.6 Å². The van der Waals surface area contributed by atoms with Gasteiger partial charge in [0, 0.05) is 36.9 Å². The van der Waals surface area contributed by atoms with E-state index in [1.165, 1.54) is 4.90 Å². The van der Waals surface area contributed by atoms with E-state index >= 15 is 4.39 Å². The predicted octanol–water partition coefficient (Wildman–Crippen LogP) is 6.42. The van der Waals surface area contributed by atoms with E-state index < -0.39 is 93.7 Å². The van der Waals surface area contributed by atoms with Gasteiger partial charge in [0.05, 0.1) is 45.4 Å². The highest BCUT2D eigenvalue weighted by Gasteiger charge is 2.49. The Labute approximate surface area is 290 Å². The van der Waals surface area contributed by atoms with Gasteiger partial charge < -0.3 is 25.2 Å². The van der Waals surface area contributed by atoms with Crippen LogP contribution in [0.5, 0.6) is 11.9 Å². The van der Waals surface area contributed by atoms with Gasteiger partial charge in [-0.25, -0.2) is 18.0 Å². The number of benzene rings is 2. The van der Waals surface area contributed by atoms with Gasteiger partial charge in [0.1, 0.15) is 30.2 Å². The second kappa shape index (κ2) is 12.8. The number of thiophene rings is 1. The maximum atomic E-state index is 17.0. The number of nitrogens with zero attached hydrogens (tertiary/aromatic N) is 5. The van der Waals surface area contributed by atoms with E-state index in [2.05, 4.69) is 21.4 Å². The molecule has 51 heavy (non-hydrogen) atoms. The zero-order valence-electron chi connectivity index (χ0n) is 26.8. The molecule has 0 spiro atoms. The number of halogens is 6. The summed E-state index contributed by atoms with van der Waals surface area (Å²) in [4.78, 5) is 27.5. The number of aliphatic hydroxyl groups excluding tert-OH is 1. The Kier molecular flexibility index (Phi) is 8.75. The number of aliphatic hydroxyl groups is 1. The van der Waals surface area contributed by atoms with Crippen molar-refractivity contribution >= 4 is 48.9 Å². The molecule has 7 rings (SSSR count). The number of ether oxygens (including phenoxy) is 2. The van der Waals surface area contributed by atoms with Crippen molar-refractivity contribution in [3.8, 4) is 23.0 Å². The van der Waals surface area contributed by atoms with Gasteiger partial charge in [0.15, 0.2) is 5.82 Å². The third kappa shape index (κ3) is 5.78. The third-order valence-corrected chi connectivity index (χ3v) is 11.0. The van der Waals surface area contributed by atoms with Gasteiger partial charge in [-0.2, -0.15) is 23.1 Å². The molecular weight excluding hydrogens is 702 g/mol. The fourth-order valence-electron chi connectivity index (χ4n) is 7.67. The highest BCUT2D eigenvalue weighted by Crippen LogP contribution is 2.51. The van der Waals surface area contributed by atoms with Crippen LogP contribution in [0.25, 0.3) is 37.0 Å². The fraction of sp³-hybridized carbons (Fsp3) is 0.412. The Morgan fingerprint density at radius 2 is 2.06 bits per heavy atom. The van der Waals surface area contributed by atoms with E-state index in [9.17, 15) is 31.9 Å². The summed E-state index contributed by atoms with van der Waals surface area (Å²) >= 11 is 0.650. The summed E-state index contributed by atoms with van der Waals surface area (Å²) in [5.41, 5.74) is 1.35. The molecule has 0 aliphatic carbocycles. The van der Waals surface area contributed by atoms with E-state index in [-0.39, 0.29) is 53.3 Å². The number of hydrogen-bond donors (Lipinski definition) is 2. The molecule has 3 fully saturated rings. The van der Waals surface area contributed by atoms with Crippen LogP contribution in [0.4, 0.5) is 37.0 Å². The molecule has 3 aliphatic heterocycles. The second-order valence-electron chi connectivity index (χ2n) is 12.8. The van der Waals surface area contributed by atoms with E-state index in [4.69, 9.17) is 21.8 Å². The van der Waals surface area contributed by atoms with Gasteiger partial charge in [-0.1, -0.05) is 12.6 Å². The SMILES string of the molecule is [C-]#[N+]c1c(N)sc2c(F)ccc(-c3c(C(F)(F)F)cc4c(O[C@@H]5CCN(C(=O)C=C)[C@@H]5CO)nc(OC[C@@]56CCCN5C[C@H](F)C6)nc4c3F)c12. The van der Waals surface area contributed by atoms with Gasteiger partial charge in [0.25, 0.3) is 0 Å². The molecule has 4 aromatic rings. The van der Waals surface area contributed by atoms with Crippen LogP contribution >= 0.6 is 11.3 Å². The lowest BCUT2D eigenvalue weighted by Gasteiger charge is -2.31. The number of likely N-dealkylation sites (tertiary alicyclic amines) is 1. The van der Waals surface area contributed by atoms with Gasteiger partial charge >= 0.3 is 12.2 Å². The average Bonchev–Trinajstić information content (AvgIpc) is 3.84. The van der Waals surface area contributed by atoms with Gasteiger partial charge in [-0.05, 0) is 43.2 Å². The Balaban J connectivity index is 1.43. The first-order valence-corrected chi connectivity index (χ1v) is 16.8. The van der Waals surface area contributed by atoms with Crippen molar-refractivity contribution in [2.75, 3.05) is 38.6 Å². The van der Waals surface area contributed by atoms with E-state index in [1.807, 2.05) is 4.90 Å². The minimum Gasteiger partial charge on any atom is -0.471 e. The highest BCUT2D eigenvalue weighted by molar-refractivity contribution is 7.23. The molecule has 3 saturated heterocycles. The number of fused-ring (bicyclic) bond motifs is 3. The lowest BCUT2D eigenvalue weighted by Crippen LogP contribution is -2.43. The molecule has 2 aromatic carbocycles. The first-order chi connectivity index (χ1) is 24.3. The van der Waals surface area contributed by atoms with Gasteiger partial charge in [-0.15, -0.1) is 11.3 Å². The molecule has 268 valence electrons. The zero-order valence-corrected chi connectivity index (χ0v) is 27.6. The molecule has 3 aliphatic rings. The highest BCUT2D eigenvalue weighted by atomic mass is 32.1. The normalized spacial score (nSPS) is 23.6. The minimum atomic E-state index is -5.19. The maximum Gasteiger partial charge on any atom is 0.417 e. The van der Waals surface area contributed by atoms with Crippen LogP contribution in [-0.4, -0.2) is 87.5 Å². The maximum absolute atomic E-state index is 17.0. The number of aromatic nitrogens is 2. The molecule has 10 nitrogen and oxygen atoms in total. The van der Waals surface area contributed by atoms with Crippen LogP contribution in [0.1, 0.15) is 31.2 Å². The van der Waals surface area contributed by atoms with Gasteiger partial charge in [-0.3, -0.25) is 9.69 Å². The summed E-state index contributed by atoms with van der Waals surface area (Å²) in [5.74, 6) is -3.35. The summed E-state index contributed by atoms with van der Waals surface area (Å²) in [6.07, 6.45) is -4.50. The van der Waals surface area contributed by atoms with Crippen LogP contribution in [0, 0.1) is 18.2 Å². The smallest absolute Gasteiger partial charge is 0.417 e. The number of carbonyl (C=O) groups excluding carboxylic acids is 1. The summed E-state index contributed by atoms with van der Waals surface area (Å²) in [7, 11) is 0. The number of anilines is 1. The lowest BCUT2D eigenvalue weighted by atomic mass is 9.93. The van der Waals surface area contributed by atoms with Crippen molar-refractivity contribution in [1.82, 2.24) is 19.8 Å². The molecule has 0 radical (unpaired) electrons. The summed E-state index contributed by atoms with van der Waals surface area (Å²) in [6, 6.07) is 1.02. The number of carbonyl (C=O) groups is 1. The Morgan fingerprint density at radius 3 is 2.76 bits per heavy atom. The minimum absolute atomic E-state index is 0.0983. The number of nitrogens with two attached hydrogens (primary N) is 1. The largest absolute Gasteiger partial charge is 0.471 e. The van der Waals surface area contributed by atoms with Crippen molar-refractivity contribution in [2.24, 2.45) is 0 Å². The molecule has 0 unspecified atom stereocenters. The third-order valence-electron chi connectivity index (χ3n) is 9.98. The standard InChI is InChI=1S/C34H30F6N6O4S/c1-3-23(48)46-10-7-22(21(46)14-47)50-31-18-11-19(34(38,39)40)24(17-5-6-20(36)29-25(17)28(42-2)30(41)51-29)26(37)27(18)43-32(44-31)49-15-33-8-4-9-45(33)13-16(35)12-33/h3,5-6,11,16,21-22,47H,1,4,7-10,12-15,41H2/t16-,21-,22-,33+/m1/s1. The summed E-state index contributed by atoms with van der Waals surface area (Å²) in [5, 5.41) is 9.21. The van der Waals surface area contributed by atoms with Crippen LogP contribution in [0.15, 0.2) is 30.9 Å². The summed E-state index contributed by atoms with van der Waals surface area (Å²) < 4.78 is 103. The molecule has 1 amide bonds. The molecule has 0 saturated carbocycles. The summed E-state index contributed by atoms with van der Waals surface area (Å²) in [6.45, 7) is 11.4. The van der Waals surface area contributed by atoms with Crippen molar-refractivity contribution in [1.29, 1.82) is 0 Å². The second-order valence-corrected chi connectivity index (χ2v) is 13.9. The Morgan fingerprint density at radius 1 is 1.27 bits per heavy atom. The number of hydrogen-bond acceptors (Lipinski definition) is 9. The molecule has 2 aromatic heterocycles. The Bertz CT molecular complexity index is 2120. The number of nitrogen functional groups attached to an aromatic ring is 1. The van der Waals surface area contributed by atoms with Crippen LogP contribution < -0.4 is 15.2 Å².